The van der Waals surface area contributed by atoms with E-state index in [9.17, 15) is 9.59 Å². The van der Waals surface area contributed by atoms with Gasteiger partial charge in [0.2, 0.25) is 0 Å². The number of rotatable bonds is 7. The van der Waals surface area contributed by atoms with Crippen LogP contribution >= 0.6 is 0 Å². The van der Waals surface area contributed by atoms with E-state index in [-0.39, 0.29) is 11.9 Å². The summed E-state index contributed by atoms with van der Waals surface area (Å²) in [6.45, 7) is 9.42. The van der Waals surface area contributed by atoms with Crippen LogP contribution in [0.5, 0.6) is 11.5 Å². The number of nitrogens with one attached hydrogen (secondary N) is 1. The SMILES string of the molecule is CCOc1cc(NC(=O)OC(C)C)cc(C(C)=O)c1OCC. The van der Waals surface area contributed by atoms with E-state index in [2.05, 4.69) is 5.32 Å². The van der Waals surface area contributed by atoms with E-state index in [0.29, 0.717) is 36.0 Å². The van der Waals surface area contributed by atoms with Crippen LogP contribution in [0.1, 0.15) is 45.0 Å². The van der Waals surface area contributed by atoms with Gasteiger partial charge in [-0.25, -0.2) is 4.79 Å². The number of ketones is 1. The van der Waals surface area contributed by atoms with Crippen LogP contribution in [0.3, 0.4) is 0 Å². The zero-order chi connectivity index (χ0) is 16.7. The molecule has 1 aromatic rings. The second-order valence-corrected chi connectivity index (χ2v) is 4.85. The van der Waals surface area contributed by atoms with Crippen LogP contribution < -0.4 is 14.8 Å². The highest BCUT2D eigenvalue weighted by Gasteiger charge is 2.18. The summed E-state index contributed by atoms with van der Waals surface area (Å²) >= 11 is 0. The minimum Gasteiger partial charge on any atom is -0.490 e. The fourth-order valence-electron chi connectivity index (χ4n) is 1.85. The monoisotopic (exact) mass is 309 g/mol. The third-order valence-corrected chi connectivity index (χ3v) is 2.61. The Bertz CT molecular complexity index is 540. The van der Waals surface area contributed by atoms with Crippen molar-refractivity contribution < 1.29 is 23.8 Å². The Hall–Kier alpha value is -2.24. The first-order chi connectivity index (χ1) is 10.4. The lowest BCUT2D eigenvalue weighted by atomic mass is 10.1. The number of carbonyl (C=O) groups is 2. The molecule has 0 bridgehead atoms. The quantitative estimate of drug-likeness (QED) is 0.778. The summed E-state index contributed by atoms with van der Waals surface area (Å²) in [5, 5.41) is 2.59. The summed E-state index contributed by atoms with van der Waals surface area (Å²) in [4.78, 5) is 23.5. The van der Waals surface area contributed by atoms with Gasteiger partial charge >= 0.3 is 6.09 Å². The number of hydrogen-bond donors (Lipinski definition) is 1. The summed E-state index contributed by atoms with van der Waals surface area (Å²) in [5.41, 5.74) is 0.774. The van der Waals surface area contributed by atoms with Crippen molar-refractivity contribution in [2.45, 2.75) is 40.7 Å². The number of carbonyl (C=O) groups excluding carboxylic acids is 2. The molecule has 6 heteroatoms. The highest BCUT2D eigenvalue weighted by atomic mass is 16.6. The van der Waals surface area contributed by atoms with Gasteiger partial charge in [-0.15, -0.1) is 0 Å². The van der Waals surface area contributed by atoms with E-state index < -0.39 is 6.09 Å². The molecule has 0 saturated carbocycles. The molecule has 0 heterocycles. The first-order valence-corrected chi connectivity index (χ1v) is 7.31. The molecule has 0 aliphatic carbocycles. The Morgan fingerprint density at radius 1 is 1.14 bits per heavy atom. The molecule has 6 nitrogen and oxygen atoms in total. The van der Waals surface area contributed by atoms with Crippen molar-refractivity contribution in [3.05, 3.63) is 17.7 Å². The lowest BCUT2D eigenvalue weighted by molar-refractivity contribution is 0.101. The molecular formula is C16H23NO5. The zero-order valence-corrected chi connectivity index (χ0v) is 13.7. The number of benzene rings is 1. The largest absolute Gasteiger partial charge is 0.490 e. The Morgan fingerprint density at radius 3 is 2.27 bits per heavy atom. The summed E-state index contributed by atoms with van der Waals surface area (Å²) in [7, 11) is 0. The second kappa shape index (κ2) is 8.26. The molecular weight excluding hydrogens is 286 g/mol. The standard InChI is InChI=1S/C16H23NO5/c1-6-20-14-9-12(17-16(19)22-10(3)4)8-13(11(5)18)15(14)21-7-2/h8-10H,6-7H2,1-5H3,(H,17,19). The smallest absolute Gasteiger partial charge is 0.411 e. The molecule has 22 heavy (non-hydrogen) atoms. The molecule has 0 fully saturated rings. The molecule has 0 saturated heterocycles. The molecule has 0 aliphatic rings. The van der Waals surface area contributed by atoms with Crippen LogP contribution in [0.15, 0.2) is 12.1 Å². The Labute approximate surface area is 130 Å². The molecule has 1 rings (SSSR count). The Balaban J connectivity index is 3.18. The van der Waals surface area contributed by atoms with E-state index in [0.717, 1.165) is 0 Å². The molecule has 0 radical (unpaired) electrons. The number of Topliss-reactive ketones (excluding diaryl/α,β-unsaturated/α-hetero) is 1. The minimum atomic E-state index is -0.587. The van der Waals surface area contributed by atoms with Gasteiger partial charge in [-0.3, -0.25) is 10.1 Å². The molecule has 0 spiro atoms. The fourth-order valence-corrected chi connectivity index (χ4v) is 1.85. The van der Waals surface area contributed by atoms with Crippen molar-refractivity contribution in [2.75, 3.05) is 18.5 Å². The van der Waals surface area contributed by atoms with Gasteiger partial charge in [-0.05, 0) is 40.7 Å². The molecule has 122 valence electrons. The lowest BCUT2D eigenvalue weighted by Gasteiger charge is -2.16. The predicted octanol–water partition coefficient (Wildman–Crippen LogP) is 3.64. The molecule has 0 aliphatic heterocycles. The first kappa shape index (κ1) is 17.8. The van der Waals surface area contributed by atoms with E-state index in [1.807, 2.05) is 13.8 Å². The normalized spacial score (nSPS) is 10.3. The third-order valence-electron chi connectivity index (χ3n) is 2.61. The van der Waals surface area contributed by atoms with Crippen molar-refractivity contribution in [3.63, 3.8) is 0 Å². The van der Waals surface area contributed by atoms with Gasteiger partial charge in [0.15, 0.2) is 17.3 Å². The first-order valence-electron chi connectivity index (χ1n) is 7.31. The van der Waals surface area contributed by atoms with Gasteiger partial charge in [-0.2, -0.15) is 0 Å². The van der Waals surface area contributed by atoms with E-state index in [1.54, 1.807) is 26.0 Å². The second-order valence-electron chi connectivity index (χ2n) is 4.85. The fraction of sp³-hybridized carbons (Fsp3) is 0.500. The van der Waals surface area contributed by atoms with Crippen LogP contribution in [0.4, 0.5) is 10.5 Å². The van der Waals surface area contributed by atoms with E-state index >= 15 is 0 Å². The molecule has 0 atom stereocenters. The maximum Gasteiger partial charge on any atom is 0.411 e. The van der Waals surface area contributed by atoms with Crippen LogP contribution in [0.25, 0.3) is 0 Å². The lowest BCUT2D eigenvalue weighted by Crippen LogP contribution is -2.18. The number of ether oxygens (including phenoxy) is 3. The highest BCUT2D eigenvalue weighted by Crippen LogP contribution is 2.35. The third kappa shape index (κ3) is 4.95. The summed E-state index contributed by atoms with van der Waals surface area (Å²) in [5.74, 6) is 0.627. The van der Waals surface area contributed by atoms with E-state index in [1.165, 1.54) is 6.92 Å². The van der Waals surface area contributed by atoms with Gasteiger partial charge < -0.3 is 14.2 Å². The Kier molecular flexibility index (Phi) is 6.69. The molecule has 0 aromatic heterocycles. The zero-order valence-electron chi connectivity index (χ0n) is 13.7. The van der Waals surface area contributed by atoms with Gasteiger partial charge in [0, 0.05) is 11.8 Å². The number of hydrogen-bond acceptors (Lipinski definition) is 5. The maximum atomic E-state index is 11.8. The maximum absolute atomic E-state index is 11.8. The topological polar surface area (TPSA) is 73.9 Å². The predicted molar refractivity (Wildman–Crippen MR) is 84.0 cm³/mol. The van der Waals surface area contributed by atoms with Gasteiger partial charge in [0.05, 0.1) is 24.9 Å². The summed E-state index contributed by atoms with van der Waals surface area (Å²) < 4.78 is 16.1. The van der Waals surface area contributed by atoms with Crippen LogP contribution in [-0.2, 0) is 4.74 Å². The molecule has 1 aromatic carbocycles. The van der Waals surface area contributed by atoms with Crippen LogP contribution in [-0.4, -0.2) is 31.2 Å². The van der Waals surface area contributed by atoms with Crippen LogP contribution in [0, 0.1) is 0 Å². The van der Waals surface area contributed by atoms with Gasteiger partial charge in [0.25, 0.3) is 0 Å². The summed E-state index contributed by atoms with van der Waals surface area (Å²) in [6, 6.07) is 3.17. The summed E-state index contributed by atoms with van der Waals surface area (Å²) in [6.07, 6.45) is -0.822. The van der Waals surface area contributed by atoms with Crippen molar-refractivity contribution >= 4 is 17.6 Å². The van der Waals surface area contributed by atoms with Crippen molar-refractivity contribution in [3.8, 4) is 11.5 Å². The van der Waals surface area contributed by atoms with E-state index in [4.69, 9.17) is 14.2 Å². The van der Waals surface area contributed by atoms with Crippen molar-refractivity contribution in [1.82, 2.24) is 0 Å². The molecule has 0 unspecified atom stereocenters. The number of amides is 1. The average Bonchev–Trinajstić information content (AvgIpc) is 2.40. The Morgan fingerprint density at radius 2 is 1.77 bits per heavy atom. The van der Waals surface area contributed by atoms with Gasteiger partial charge in [0.1, 0.15) is 0 Å². The van der Waals surface area contributed by atoms with Gasteiger partial charge in [-0.1, -0.05) is 0 Å². The molecule has 1 N–H and O–H groups in total. The van der Waals surface area contributed by atoms with Crippen LogP contribution in [0.2, 0.25) is 0 Å². The van der Waals surface area contributed by atoms with Crippen molar-refractivity contribution in [2.24, 2.45) is 0 Å². The minimum absolute atomic E-state index is 0.176. The average molecular weight is 309 g/mol. The molecule has 1 amide bonds. The number of anilines is 1. The highest BCUT2D eigenvalue weighted by molar-refractivity contribution is 6.00. The van der Waals surface area contributed by atoms with Crippen molar-refractivity contribution in [1.29, 1.82) is 0 Å².